The first-order valence-corrected chi connectivity index (χ1v) is 8.82. The Balaban J connectivity index is 1.55. The Labute approximate surface area is 143 Å². The topological polar surface area (TPSA) is 38.8 Å². The average molecular weight is 334 g/mol. The maximum absolute atomic E-state index is 13.0. The van der Waals surface area contributed by atoms with E-state index in [0.29, 0.717) is 0 Å². The van der Waals surface area contributed by atoms with Gasteiger partial charge in [0.2, 0.25) is 5.91 Å². The predicted octanol–water partition coefficient (Wildman–Crippen LogP) is 1.16. The Hall–Kier alpha value is -1.66. The van der Waals surface area contributed by atoms with E-state index in [1.54, 1.807) is 0 Å². The molecule has 0 bridgehead atoms. The van der Waals surface area contributed by atoms with E-state index in [1.165, 1.54) is 12.1 Å². The second-order valence-electron chi connectivity index (χ2n) is 6.76. The summed E-state index contributed by atoms with van der Waals surface area (Å²) in [6, 6.07) is 6.82. The van der Waals surface area contributed by atoms with Crippen LogP contribution in [0.3, 0.4) is 0 Å². The molecule has 5 nitrogen and oxygen atoms in total. The molecule has 0 aliphatic carbocycles. The van der Waals surface area contributed by atoms with Crippen molar-refractivity contribution in [3.05, 3.63) is 30.1 Å². The number of rotatable bonds is 3. The van der Waals surface area contributed by atoms with E-state index >= 15 is 0 Å². The van der Waals surface area contributed by atoms with E-state index < -0.39 is 0 Å². The minimum atomic E-state index is -0.207. The van der Waals surface area contributed by atoms with Crippen molar-refractivity contribution in [2.45, 2.75) is 25.9 Å². The van der Waals surface area contributed by atoms with E-state index in [0.717, 1.165) is 51.5 Å². The highest BCUT2D eigenvalue weighted by atomic mass is 19.1. The zero-order valence-corrected chi connectivity index (χ0v) is 14.5. The van der Waals surface area contributed by atoms with E-state index in [4.69, 9.17) is 0 Å². The van der Waals surface area contributed by atoms with E-state index in [1.807, 2.05) is 24.0 Å². The third-order valence-corrected chi connectivity index (χ3v) is 5.20. The number of nitrogens with one attached hydrogen (secondary N) is 1. The molecule has 2 heterocycles. The van der Waals surface area contributed by atoms with Crippen LogP contribution in [0.4, 0.5) is 10.1 Å². The molecule has 24 heavy (non-hydrogen) atoms. The van der Waals surface area contributed by atoms with Crippen molar-refractivity contribution in [3.8, 4) is 0 Å². The van der Waals surface area contributed by atoms with Crippen molar-refractivity contribution >= 4 is 11.6 Å². The first-order valence-electron chi connectivity index (χ1n) is 8.82. The van der Waals surface area contributed by atoms with Gasteiger partial charge in [-0.15, -0.1) is 0 Å². The Kier molecular flexibility index (Phi) is 5.36. The molecule has 2 aliphatic rings. The van der Waals surface area contributed by atoms with Crippen molar-refractivity contribution in [1.29, 1.82) is 0 Å². The summed E-state index contributed by atoms with van der Waals surface area (Å²) in [5.74, 6) is 0.0287. The fourth-order valence-corrected chi connectivity index (χ4v) is 3.58. The molecule has 1 amide bonds. The summed E-state index contributed by atoms with van der Waals surface area (Å²) in [7, 11) is 0. The summed E-state index contributed by atoms with van der Waals surface area (Å²) in [5, 5.41) is 3.32. The molecule has 0 aromatic heterocycles. The summed E-state index contributed by atoms with van der Waals surface area (Å²) in [6.45, 7) is 10.1. The SMILES string of the molecule is CC(C(=O)N1CCNC[C@H]1C)N1CCN(c2ccc(F)cc2)CC1. The van der Waals surface area contributed by atoms with Crippen LogP contribution in [-0.4, -0.2) is 73.6 Å². The van der Waals surface area contributed by atoms with Crippen LogP contribution in [0.1, 0.15) is 13.8 Å². The maximum Gasteiger partial charge on any atom is 0.239 e. The molecule has 6 heteroatoms. The van der Waals surface area contributed by atoms with Crippen molar-refractivity contribution in [2.24, 2.45) is 0 Å². The molecule has 132 valence electrons. The van der Waals surface area contributed by atoms with Gasteiger partial charge in [-0.3, -0.25) is 9.69 Å². The van der Waals surface area contributed by atoms with Gasteiger partial charge in [0, 0.05) is 57.5 Å². The second kappa shape index (κ2) is 7.49. The van der Waals surface area contributed by atoms with Gasteiger partial charge in [0.25, 0.3) is 0 Å². The Morgan fingerprint density at radius 3 is 2.46 bits per heavy atom. The summed E-state index contributed by atoms with van der Waals surface area (Å²) in [4.78, 5) is 19.3. The van der Waals surface area contributed by atoms with Crippen molar-refractivity contribution in [3.63, 3.8) is 0 Å². The van der Waals surface area contributed by atoms with Crippen molar-refractivity contribution < 1.29 is 9.18 Å². The highest BCUT2D eigenvalue weighted by Crippen LogP contribution is 2.18. The van der Waals surface area contributed by atoms with Gasteiger partial charge in [0.1, 0.15) is 5.82 Å². The van der Waals surface area contributed by atoms with Crippen LogP contribution < -0.4 is 10.2 Å². The smallest absolute Gasteiger partial charge is 0.239 e. The van der Waals surface area contributed by atoms with E-state index in [-0.39, 0.29) is 23.8 Å². The molecular weight excluding hydrogens is 307 g/mol. The molecule has 2 saturated heterocycles. The standard InChI is InChI=1S/C18H27FN4O/c1-14-13-20-7-8-23(14)18(24)15(2)21-9-11-22(12-10-21)17-5-3-16(19)4-6-17/h3-6,14-15,20H,7-13H2,1-2H3/t14-,15?/m1/s1. The van der Waals surface area contributed by atoms with Crippen LogP contribution in [0.15, 0.2) is 24.3 Å². The molecule has 1 aromatic carbocycles. The predicted molar refractivity (Wildman–Crippen MR) is 93.7 cm³/mol. The van der Waals surface area contributed by atoms with Gasteiger partial charge in [-0.1, -0.05) is 0 Å². The number of carbonyl (C=O) groups excluding carboxylic acids is 1. The molecule has 2 aliphatic heterocycles. The van der Waals surface area contributed by atoms with E-state index in [9.17, 15) is 9.18 Å². The highest BCUT2D eigenvalue weighted by Gasteiger charge is 2.31. The van der Waals surface area contributed by atoms with Crippen LogP contribution in [0.5, 0.6) is 0 Å². The third kappa shape index (κ3) is 3.70. The summed E-state index contributed by atoms with van der Waals surface area (Å²) < 4.78 is 13.0. The van der Waals surface area contributed by atoms with Crippen LogP contribution in [-0.2, 0) is 4.79 Å². The van der Waals surface area contributed by atoms with Gasteiger partial charge >= 0.3 is 0 Å². The largest absolute Gasteiger partial charge is 0.369 e. The van der Waals surface area contributed by atoms with Gasteiger partial charge < -0.3 is 15.1 Å². The van der Waals surface area contributed by atoms with Gasteiger partial charge in [0.15, 0.2) is 0 Å². The van der Waals surface area contributed by atoms with Crippen LogP contribution in [0.25, 0.3) is 0 Å². The number of nitrogens with zero attached hydrogens (tertiary/aromatic N) is 3. The Morgan fingerprint density at radius 2 is 1.83 bits per heavy atom. The minimum absolute atomic E-state index is 0.0825. The van der Waals surface area contributed by atoms with Crippen LogP contribution in [0.2, 0.25) is 0 Å². The summed E-state index contributed by atoms with van der Waals surface area (Å²) >= 11 is 0. The molecular formula is C18H27FN4O. The quantitative estimate of drug-likeness (QED) is 0.900. The molecule has 0 saturated carbocycles. The van der Waals surface area contributed by atoms with Gasteiger partial charge in [-0.2, -0.15) is 0 Å². The zero-order chi connectivity index (χ0) is 17.1. The molecule has 2 fully saturated rings. The Morgan fingerprint density at radius 1 is 1.17 bits per heavy atom. The first kappa shape index (κ1) is 17.2. The lowest BCUT2D eigenvalue weighted by molar-refractivity contribution is -0.139. The van der Waals surface area contributed by atoms with Gasteiger partial charge in [-0.05, 0) is 38.1 Å². The second-order valence-corrected chi connectivity index (χ2v) is 6.76. The molecule has 3 rings (SSSR count). The lowest BCUT2D eigenvalue weighted by Crippen LogP contribution is -2.59. The number of anilines is 1. The van der Waals surface area contributed by atoms with Gasteiger partial charge in [-0.25, -0.2) is 4.39 Å². The monoisotopic (exact) mass is 334 g/mol. The molecule has 1 N–H and O–H groups in total. The van der Waals surface area contributed by atoms with Crippen LogP contribution >= 0.6 is 0 Å². The van der Waals surface area contributed by atoms with Crippen molar-refractivity contribution in [1.82, 2.24) is 15.1 Å². The number of piperazine rings is 2. The number of hydrogen-bond acceptors (Lipinski definition) is 4. The van der Waals surface area contributed by atoms with Gasteiger partial charge in [0.05, 0.1) is 6.04 Å². The number of carbonyl (C=O) groups is 1. The van der Waals surface area contributed by atoms with Crippen LogP contribution in [0, 0.1) is 5.82 Å². The molecule has 2 atom stereocenters. The number of hydrogen-bond donors (Lipinski definition) is 1. The van der Waals surface area contributed by atoms with Crippen molar-refractivity contribution in [2.75, 3.05) is 50.7 Å². The molecule has 1 unspecified atom stereocenters. The summed E-state index contributed by atoms with van der Waals surface area (Å²) in [6.07, 6.45) is 0. The average Bonchev–Trinajstić information content (AvgIpc) is 2.62. The fraction of sp³-hybridized carbons (Fsp3) is 0.611. The minimum Gasteiger partial charge on any atom is -0.369 e. The number of halogens is 1. The van der Waals surface area contributed by atoms with E-state index in [2.05, 4.69) is 22.0 Å². The lowest BCUT2D eigenvalue weighted by atomic mass is 10.1. The molecule has 1 aromatic rings. The highest BCUT2D eigenvalue weighted by molar-refractivity contribution is 5.82. The lowest BCUT2D eigenvalue weighted by Gasteiger charge is -2.42. The fourth-order valence-electron chi connectivity index (χ4n) is 3.58. The number of amides is 1. The summed E-state index contributed by atoms with van der Waals surface area (Å²) in [5.41, 5.74) is 1.05. The molecule has 0 spiro atoms. The zero-order valence-electron chi connectivity index (χ0n) is 14.5. The number of benzene rings is 1. The maximum atomic E-state index is 13.0. The third-order valence-electron chi connectivity index (χ3n) is 5.20. The molecule has 0 radical (unpaired) electrons. The first-order chi connectivity index (χ1) is 11.6. The normalized spacial score (nSPS) is 24.0. The Bertz CT molecular complexity index is 557.